The first-order valence-electron chi connectivity index (χ1n) is 7.45. The van der Waals surface area contributed by atoms with Gasteiger partial charge in [-0.1, -0.05) is 25.8 Å². The maximum atomic E-state index is 13.8. The average Bonchev–Trinajstić information content (AvgIpc) is 2.41. The fourth-order valence-electron chi connectivity index (χ4n) is 2.90. The van der Waals surface area contributed by atoms with Gasteiger partial charge in [0.25, 0.3) is 5.91 Å². The van der Waals surface area contributed by atoms with Crippen molar-refractivity contribution in [1.82, 2.24) is 5.32 Å². The number of carbonyl (C=O) groups is 1. The zero-order chi connectivity index (χ0) is 14.5. The molecule has 20 heavy (non-hydrogen) atoms. The van der Waals surface area contributed by atoms with Gasteiger partial charge < -0.3 is 10.6 Å². The lowest BCUT2D eigenvalue weighted by molar-refractivity contribution is 0.0922. The predicted molar refractivity (Wildman–Crippen MR) is 79.4 cm³/mol. The summed E-state index contributed by atoms with van der Waals surface area (Å²) in [5, 5.41) is 5.98. The average molecular weight is 278 g/mol. The Morgan fingerprint density at radius 1 is 1.40 bits per heavy atom. The van der Waals surface area contributed by atoms with E-state index in [0.717, 1.165) is 19.3 Å². The van der Waals surface area contributed by atoms with E-state index in [1.54, 1.807) is 12.1 Å². The Hall–Kier alpha value is -1.58. The SMILES string of the molecule is CCNc1c(F)cccc1C(=O)NC1CCCC(C)C1. The number of hydrogen-bond donors (Lipinski definition) is 2. The molecule has 0 saturated heterocycles. The third-order valence-electron chi connectivity index (χ3n) is 3.88. The summed E-state index contributed by atoms with van der Waals surface area (Å²) < 4.78 is 13.8. The van der Waals surface area contributed by atoms with Gasteiger partial charge in [-0.2, -0.15) is 0 Å². The second-order valence-electron chi connectivity index (χ2n) is 5.63. The van der Waals surface area contributed by atoms with Crippen molar-refractivity contribution in [1.29, 1.82) is 0 Å². The molecule has 1 aromatic carbocycles. The molecule has 3 nitrogen and oxygen atoms in total. The largest absolute Gasteiger partial charge is 0.382 e. The minimum Gasteiger partial charge on any atom is -0.382 e. The molecule has 1 aromatic rings. The van der Waals surface area contributed by atoms with E-state index in [4.69, 9.17) is 0 Å². The van der Waals surface area contributed by atoms with E-state index < -0.39 is 0 Å². The molecule has 1 aliphatic rings. The Labute approximate surface area is 120 Å². The molecule has 4 heteroatoms. The van der Waals surface area contributed by atoms with Crippen LogP contribution in [-0.4, -0.2) is 18.5 Å². The van der Waals surface area contributed by atoms with Crippen LogP contribution in [0.15, 0.2) is 18.2 Å². The molecule has 2 N–H and O–H groups in total. The lowest BCUT2D eigenvalue weighted by atomic mass is 9.87. The van der Waals surface area contributed by atoms with Gasteiger partial charge in [0, 0.05) is 12.6 Å². The second kappa shape index (κ2) is 6.73. The Kier molecular flexibility index (Phi) is 4.99. The summed E-state index contributed by atoms with van der Waals surface area (Å²) >= 11 is 0. The zero-order valence-corrected chi connectivity index (χ0v) is 12.2. The fraction of sp³-hybridized carbons (Fsp3) is 0.562. The van der Waals surface area contributed by atoms with Crippen LogP contribution in [0.25, 0.3) is 0 Å². The normalized spacial score (nSPS) is 22.4. The third-order valence-corrected chi connectivity index (χ3v) is 3.88. The minimum atomic E-state index is -0.378. The molecular formula is C16H23FN2O. The predicted octanol–water partition coefficient (Wildman–Crippen LogP) is 3.57. The number of nitrogens with one attached hydrogen (secondary N) is 2. The highest BCUT2D eigenvalue weighted by molar-refractivity contribution is 5.99. The van der Waals surface area contributed by atoms with Crippen molar-refractivity contribution in [3.8, 4) is 0 Å². The van der Waals surface area contributed by atoms with Gasteiger partial charge in [-0.15, -0.1) is 0 Å². The topological polar surface area (TPSA) is 41.1 Å². The standard InChI is InChI=1S/C16H23FN2O/c1-3-18-15-13(8-5-9-14(15)17)16(20)19-12-7-4-6-11(2)10-12/h5,8-9,11-12,18H,3-4,6-7,10H2,1-2H3,(H,19,20). The summed E-state index contributed by atoms with van der Waals surface area (Å²) in [7, 11) is 0. The molecule has 1 fully saturated rings. The first kappa shape index (κ1) is 14.8. The van der Waals surface area contributed by atoms with E-state index in [2.05, 4.69) is 17.6 Å². The molecular weight excluding hydrogens is 255 g/mol. The van der Waals surface area contributed by atoms with Crippen LogP contribution < -0.4 is 10.6 Å². The van der Waals surface area contributed by atoms with Gasteiger partial charge in [0.05, 0.1) is 11.3 Å². The summed E-state index contributed by atoms with van der Waals surface area (Å²) in [5.74, 6) is 0.0888. The van der Waals surface area contributed by atoms with Crippen molar-refractivity contribution in [3.63, 3.8) is 0 Å². The smallest absolute Gasteiger partial charge is 0.253 e. The monoisotopic (exact) mass is 278 g/mol. The van der Waals surface area contributed by atoms with Gasteiger partial charge in [-0.3, -0.25) is 4.79 Å². The number of benzene rings is 1. The Morgan fingerprint density at radius 2 is 2.20 bits per heavy atom. The molecule has 0 aliphatic heterocycles. The van der Waals surface area contributed by atoms with E-state index in [9.17, 15) is 9.18 Å². The number of para-hydroxylation sites is 1. The van der Waals surface area contributed by atoms with Crippen LogP contribution in [-0.2, 0) is 0 Å². The van der Waals surface area contributed by atoms with Crippen molar-refractivity contribution < 1.29 is 9.18 Å². The maximum absolute atomic E-state index is 13.8. The second-order valence-corrected chi connectivity index (χ2v) is 5.63. The number of hydrogen-bond acceptors (Lipinski definition) is 2. The van der Waals surface area contributed by atoms with Gasteiger partial charge in [0.1, 0.15) is 5.82 Å². The van der Waals surface area contributed by atoms with Gasteiger partial charge in [0.15, 0.2) is 0 Å². The molecule has 0 bridgehead atoms. The summed E-state index contributed by atoms with van der Waals surface area (Å²) in [4.78, 5) is 12.3. The van der Waals surface area contributed by atoms with Crippen LogP contribution in [0.4, 0.5) is 10.1 Å². The van der Waals surface area contributed by atoms with Crippen LogP contribution in [0, 0.1) is 11.7 Å². The molecule has 0 aromatic heterocycles. The van der Waals surface area contributed by atoms with E-state index in [-0.39, 0.29) is 17.8 Å². The summed E-state index contributed by atoms with van der Waals surface area (Å²) in [5.41, 5.74) is 0.696. The fourth-order valence-corrected chi connectivity index (χ4v) is 2.90. The Balaban J connectivity index is 2.10. The molecule has 2 atom stereocenters. The Bertz CT molecular complexity index is 476. The molecule has 0 spiro atoms. The highest BCUT2D eigenvalue weighted by Gasteiger charge is 2.22. The van der Waals surface area contributed by atoms with Crippen molar-refractivity contribution in [2.24, 2.45) is 5.92 Å². The lowest BCUT2D eigenvalue weighted by Gasteiger charge is -2.27. The van der Waals surface area contributed by atoms with Crippen molar-refractivity contribution in [2.45, 2.75) is 45.6 Å². The quantitative estimate of drug-likeness (QED) is 0.884. The van der Waals surface area contributed by atoms with Gasteiger partial charge in [0.2, 0.25) is 0 Å². The van der Waals surface area contributed by atoms with Crippen LogP contribution in [0.3, 0.4) is 0 Å². The number of anilines is 1. The third kappa shape index (κ3) is 3.50. The Morgan fingerprint density at radius 3 is 2.90 bits per heavy atom. The highest BCUT2D eigenvalue weighted by Crippen LogP contribution is 2.25. The first-order chi connectivity index (χ1) is 9.61. The van der Waals surface area contributed by atoms with Crippen LogP contribution in [0.1, 0.15) is 49.9 Å². The molecule has 1 saturated carbocycles. The number of halogens is 1. The number of carbonyl (C=O) groups excluding carboxylic acids is 1. The molecule has 0 heterocycles. The van der Waals surface area contributed by atoms with Crippen molar-refractivity contribution in [2.75, 3.05) is 11.9 Å². The summed E-state index contributed by atoms with van der Waals surface area (Å²) in [6.07, 6.45) is 4.41. The minimum absolute atomic E-state index is 0.181. The first-order valence-corrected chi connectivity index (χ1v) is 7.45. The number of rotatable bonds is 4. The van der Waals surface area contributed by atoms with Gasteiger partial charge in [-0.25, -0.2) is 4.39 Å². The van der Waals surface area contributed by atoms with E-state index in [1.807, 2.05) is 6.92 Å². The van der Waals surface area contributed by atoms with E-state index in [1.165, 1.54) is 12.5 Å². The maximum Gasteiger partial charge on any atom is 0.253 e. The molecule has 110 valence electrons. The molecule has 2 rings (SSSR count). The van der Waals surface area contributed by atoms with Crippen LogP contribution in [0.5, 0.6) is 0 Å². The number of amides is 1. The van der Waals surface area contributed by atoms with Crippen LogP contribution in [0.2, 0.25) is 0 Å². The zero-order valence-electron chi connectivity index (χ0n) is 12.2. The van der Waals surface area contributed by atoms with Gasteiger partial charge in [-0.05, 0) is 37.8 Å². The molecule has 1 amide bonds. The highest BCUT2D eigenvalue weighted by atomic mass is 19.1. The van der Waals surface area contributed by atoms with Crippen LogP contribution >= 0.6 is 0 Å². The molecule has 2 unspecified atom stereocenters. The summed E-state index contributed by atoms with van der Waals surface area (Å²) in [6.45, 7) is 4.68. The molecule has 0 radical (unpaired) electrons. The van der Waals surface area contributed by atoms with Gasteiger partial charge >= 0.3 is 0 Å². The van der Waals surface area contributed by atoms with Crippen molar-refractivity contribution >= 4 is 11.6 Å². The molecule has 1 aliphatic carbocycles. The van der Waals surface area contributed by atoms with Crippen molar-refractivity contribution in [3.05, 3.63) is 29.6 Å². The summed E-state index contributed by atoms with van der Waals surface area (Å²) in [6, 6.07) is 4.83. The lowest BCUT2D eigenvalue weighted by Crippen LogP contribution is -2.38. The van der Waals surface area contributed by atoms with E-state index in [0.29, 0.717) is 23.7 Å². The van der Waals surface area contributed by atoms with E-state index >= 15 is 0 Å².